The van der Waals surface area contributed by atoms with Crippen molar-refractivity contribution in [3.05, 3.63) is 103 Å². The topological polar surface area (TPSA) is 63.7 Å². The van der Waals surface area contributed by atoms with Gasteiger partial charge in [-0.15, -0.1) is 0 Å². The Morgan fingerprint density at radius 3 is 2.59 bits per heavy atom. The van der Waals surface area contributed by atoms with Crippen molar-refractivity contribution >= 4 is 44.4 Å². The summed E-state index contributed by atoms with van der Waals surface area (Å²) in [6.45, 7) is 0.211. The van der Waals surface area contributed by atoms with Gasteiger partial charge in [0.2, 0.25) is 5.76 Å². The van der Waals surface area contributed by atoms with Crippen molar-refractivity contribution in [2.75, 3.05) is 0 Å². The Morgan fingerprint density at radius 2 is 1.86 bits per heavy atom. The van der Waals surface area contributed by atoms with Crippen LogP contribution in [0.25, 0.3) is 11.0 Å². The SMILES string of the molecule is O=C1c2oc3ccc(Br)cc3c(=O)c2[C@H](c2ccc(Cl)cc2)N1Cc1ccco1. The van der Waals surface area contributed by atoms with Gasteiger partial charge in [-0.05, 0) is 48.0 Å². The number of amides is 1. The van der Waals surface area contributed by atoms with Crippen LogP contribution in [0.2, 0.25) is 5.02 Å². The van der Waals surface area contributed by atoms with Gasteiger partial charge in [0.15, 0.2) is 5.43 Å². The summed E-state index contributed by atoms with van der Waals surface area (Å²) in [6, 6.07) is 15.2. The smallest absolute Gasteiger partial charge is 0.291 e. The van der Waals surface area contributed by atoms with Crippen molar-refractivity contribution in [1.82, 2.24) is 4.90 Å². The number of benzene rings is 2. The van der Waals surface area contributed by atoms with Gasteiger partial charge in [0, 0.05) is 9.50 Å². The zero-order valence-corrected chi connectivity index (χ0v) is 17.2. The maximum absolute atomic E-state index is 13.4. The van der Waals surface area contributed by atoms with Crippen LogP contribution in [0, 0.1) is 0 Å². The van der Waals surface area contributed by atoms with Crippen molar-refractivity contribution in [2.45, 2.75) is 12.6 Å². The third kappa shape index (κ3) is 2.99. The van der Waals surface area contributed by atoms with Crippen LogP contribution in [-0.4, -0.2) is 10.8 Å². The number of fused-ring (bicyclic) bond motifs is 2. The number of carbonyl (C=O) groups excluding carboxylic acids is 1. The lowest BCUT2D eigenvalue weighted by molar-refractivity contribution is 0.0701. The van der Waals surface area contributed by atoms with Gasteiger partial charge >= 0.3 is 0 Å². The number of furan rings is 1. The molecule has 144 valence electrons. The van der Waals surface area contributed by atoms with Gasteiger partial charge in [0.1, 0.15) is 11.3 Å². The summed E-state index contributed by atoms with van der Waals surface area (Å²) in [5.41, 5.74) is 1.25. The summed E-state index contributed by atoms with van der Waals surface area (Å²) < 4.78 is 12.1. The van der Waals surface area contributed by atoms with E-state index >= 15 is 0 Å². The van der Waals surface area contributed by atoms with E-state index in [2.05, 4.69) is 15.9 Å². The van der Waals surface area contributed by atoms with Crippen molar-refractivity contribution < 1.29 is 13.6 Å². The van der Waals surface area contributed by atoms with Crippen LogP contribution in [-0.2, 0) is 6.54 Å². The summed E-state index contributed by atoms with van der Waals surface area (Å²) in [6.07, 6.45) is 1.55. The number of carbonyl (C=O) groups is 1. The zero-order valence-electron chi connectivity index (χ0n) is 14.9. The normalized spacial score (nSPS) is 15.9. The highest BCUT2D eigenvalue weighted by Gasteiger charge is 2.43. The molecule has 0 aliphatic carbocycles. The fourth-order valence-corrected chi connectivity index (χ4v) is 4.20. The first-order valence-corrected chi connectivity index (χ1v) is 10.0. The fraction of sp³-hybridized carbons (Fsp3) is 0.0909. The number of hydrogen-bond donors (Lipinski definition) is 0. The molecule has 29 heavy (non-hydrogen) atoms. The zero-order chi connectivity index (χ0) is 20.1. The Labute approximate surface area is 178 Å². The van der Waals surface area contributed by atoms with Gasteiger partial charge in [-0.2, -0.15) is 0 Å². The fourth-order valence-electron chi connectivity index (χ4n) is 3.72. The third-order valence-electron chi connectivity index (χ3n) is 5.02. The molecule has 1 aliphatic rings. The van der Waals surface area contributed by atoms with Crippen LogP contribution in [0.3, 0.4) is 0 Å². The minimum Gasteiger partial charge on any atom is -0.467 e. The molecule has 0 saturated carbocycles. The Hall–Kier alpha value is -2.83. The van der Waals surface area contributed by atoms with E-state index in [1.165, 1.54) is 0 Å². The van der Waals surface area contributed by atoms with Gasteiger partial charge in [0.25, 0.3) is 5.91 Å². The molecule has 0 fully saturated rings. The molecule has 0 N–H and O–H groups in total. The third-order valence-corrected chi connectivity index (χ3v) is 5.76. The molecule has 1 aliphatic heterocycles. The van der Waals surface area contributed by atoms with Gasteiger partial charge in [0.05, 0.1) is 29.8 Å². The Kier molecular flexibility index (Phi) is 4.33. The Bertz CT molecular complexity index is 1300. The van der Waals surface area contributed by atoms with E-state index in [1.807, 2.05) is 12.1 Å². The first-order chi connectivity index (χ1) is 14.0. The van der Waals surface area contributed by atoms with Crippen LogP contribution >= 0.6 is 27.5 Å². The van der Waals surface area contributed by atoms with Gasteiger partial charge in [-0.25, -0.2) is 0 Å². The lowest BCUT2D eigenvalue weighted by Gasteiger charge is -2.24. The largest absolute Gasteiger partial charge is 0.467 e. The molecule has 5 nitrogen and oxygen atoms in total. The maximum Gasteiger partial charge on any atom is 0.291 e. The minimum absolute atomic E-state index is 0.0660. The van der Waals surface area contributed by atoms with Crippen LogP contribution in [0.15, 0.2) is 79.0 Å². The summed E-state index contributed by atoms with van der Waals surface area (Å²) in [4.78, 5) is 28.2. The van der Waals surface area contributed by atoms with Crippen molar-refractivity contribution in [1.29, 1.82) is 0 Å². The van der Waals surface area contributed by atoms with E-state index in [1.54, 1.807) is 53.6 Å². The Balaban J connectivity index is 1.75. The van der Waals surface area contributed by atoms with Crippen LogP contribution in [0.5, 0.6) is 0 Å². The van der Waals surface area contributed by atoms with E-state index < -0.39 is 6.04 Å². The van der Waals surface area contributed by atoms with Gasteiger partial charge in [-0.3, -0.25) is 9.59 Å². The summed E-state index contributed by atoms with van der Waals surface area (Å²) in [7, 11) is 0. The lowest BCUT2D eigenvalue weighted by Crippen LogP contribution is -2.29. The highest BCUT2D eigenvalue weighted by atomic mass is 79.9. The standard InChI is InChI=1S/C22H13BrClNO4/c23-13-5-8-17-16(10-13)20(26)18-19(12-3-6-14(24)7-4-12)25(22(27)21(18)29-17)11-15-2-1-9-28-15/h1-10,19H,11H2/t19-/m0/s1. The molecular weight excluding hydrogens is 458 g/mol. The predicted molar refractivity (Wildman–Crippen MR) is 112 cm³/mol. The second kappa shape index (κ2) is 6.90. The van der Waals surface area contributed by atoms with E-state index in [9.17, 15) is 9.59 Å². The molecule has 0 saturated heterocycles. The number of halogens is 2. The van der Waals surface area contributed by atoms with E-state index in [-0.39, 0.29) is 23.6 Å². The molecule has 0 spiro atoms. The molecule has 2 aromatic carbocycles. The molecule has 1 atom stereocenters. The van der Waals surface area contributed by atoms with Gasteiger partial charge in [-0.1, -0.05) is 39.7 Å². The molecule has 0 unspecified atom stereocenters. The molecule has 1 amide bonds. The molecule has 4 aromatic rings. The molecule has 2 aromatic heterocycles. The molecule has 3 heterocycles. The highest BCUT2D eigenvalue weighted by Crippen LogP contribution is 2.39. The van der Waals surface area contributed by atoms with Crippen LogP contribution < -0.4 is 5.43 Å². The quantitative estimate of drug-likeness (QED) is 0.394. The summed E-state index contributed by atoms with van der Waals surface area (Å²) >= 11 is 9.44. The molecule has 0 bridgehead atoms. The Morgan fingerprint density at radius 1 is 1.07 bits per heavy atom. The number of hydrogen-bond acceptors (Lipinski definition) is 4. The lowest BCUT2D eigenvalue weighted by atomic mass is 9.98. The van der Waals surface area contributed by atoms with Crippen LogP contribution in [0.1, 0.15) is 33.5 Å². The summed E-state index contributed by atoms with van der Waals surface area (Å²) in [5.74, 6) is 0.333. The second-order valence-corrected chi connectivity index (χ2v) is 8.13. The first kappa shape index (κ1) is 18.2. The molecule has 0 radical (unpaired) electrons. The molecule has 5 rings (SSSR count). The predicted octanol–water partition coefficient (Wildman–Crippen LogP) is 5.55. The first-order valence-electron chi connectivity index (χ1n) is 8.88. The number of nitrogens with zero attached hydrogens (tertiary/aromatic N) is 1. The minimum atomic E-state index is -0.598. The van der Waals surface area contributed by atoms with Crippen molar-refractivity contribution in [3.8, 4) is 0 Å². The maximum atomic E-state index is 13.4. The average molecular weight is 471 g/mol. The van der Waals surface area contributed by atoms with E-state index in [0.29, 0.717) is 27.3 Å². The summed E-state index contributed by atoms with van der Waals surface area (Å²) in [5, 5.41) is 0.995. The van der Waals surface area contributed by atoms with Crippen LogP contribution in [0.4, 0.5) is 0 Å². The molecule has 7 heteroatoms. The highest BCUT2D eigenvalue weighted by molar-refractivity contribution is 9.10. The van der Waals surface area contributed by atoms with Gasteiger partial charge < -0.3 is 13.7 Å². The average Bonchev–Trinajstić information content (AvgIpc) is 3.32. The van der Waals surface area contributed by atoms with E-state index in [4.69, 9.17) is 20.4 Å². The molecular formula is C22H13BrClNO4. The monoisotopic (exact) mass is 469 g/mol. The second-order valence-electron chi connectivity index (χ2n) is 6.78. The van der Waals surface area contributed by atoms with E-state index in [0.717, 1.165) is 10.0 Å². The van der Waals surface area contributed by atoms with Crippen molar-refractivity contribution in [3.63, 3.8) is 0 Å². The van der Waals surface area contributed by atoms with Crippen molar-refractivity contribution in [2.24, 2.45) is 0 Å². The number of rotatable bonds is 3.